The lowest BCUT2D eigenvalue weighted by molar-refractivity contribution is 0.0171. The molecule has 1 fully saturated rings. The Morgan fingerprint density at radius 3 is 2.76 bits per heavy atom. The van der Waals surface area contributed by atoms with Gasteiger partial charge in [-0.15, -0.1) is 0 Å². The highest BCUT2D eigenvalue weighted by Gasteiger charge is 2.21. The van der Waals surface area contributed by atoms with Gasteiger partial charge in [-0.1, -0.05) is 25.1 Å². The molecule has 0 aliphatic carbocycles. The van der Waals surface area contributed by atoms with E-state index in [9.17, 15) is 8.42 Å². The van der Waals surface area contributed by atoms with Gasteiger partial charge in [0.05, 0.1) is 23.4 Å². The molecule has 164 valence electrons. The van der Waals surface area contributed by atoms with E-state index in [0.29, 0.717) is 43.6 Å². The van der Waals surface area contributed by atoms with Gasteiger partial charge in [0, 0.05) is 32.3 Å². The van der Waals surface area contributed by atoms with Crippen LogP contribution in [0.4, 0.5) is 0 Å². The maximum Gasteiger partial charge on any atom is 0.191 e. The van der Waals surface area contributed by atoms with Gasteiger partial charge in [-0.05, 0) is 44.7 Å². The van der Waals surface area contributed by atoms with Gasteiger partial charge in [-0.3, -0.25) is 4.99 Å². The smallest absolute Gasteiger partial charge is 0.191 e. The van der Waals surface area contributed by atoms with Crippen molar-refractivity contribution in [2.75, 3.05) is 38.7 Å². The summed E-state index contributed by atoms with van der Waals surface area (Å²) in [5.74, 6) is 0.671. The van der Waals surface area contributed by atoms with Crippen LogP contribution in [0.3, 0.4) is 0 Å². The van der Waals surface area contributed by atoms with Gasteiger partial charge in [-0.2, -0.15) is 0 Å². The number of ether oxygens (including phenoxy) is 2. The second-order valence-corrected chi connectivity index (χ2v) is 9.20. The molecule has 2 rings (SSSR count). The molecule has 2 unspecified atom stereocenters. The summed E-state index contributed by atoms with van der Waals surface area (Å²) in [6.07, 6.45) is 3.93. The summed E-state index contributed by atoms with van der Waals surface area (Å²) in [6.45, 7) is 7.42. The van der Waals surface area contributed by atoms with Gasteiger partial charge in [0.25, 0.3) is 0 Å². The minimum absolute atomic E-state index is 0.0302. The Balaban J connectivity index is 1.80. The van der Waals surface area contributed by atoms with Gasteiger partial charge in [0.1, 0.15) is 0 Å². The van der Waals surface area contributed by atoms with Crippen LogP contribution in [0.1, 0.15) is 39.5 Å². The summed E-state index contributed by atoms with van der Waals surface area (Å²) in [6, 6.07) is 8.36. The van der Waals surface area contributed by atoms with Crippen LogP contribution in [0.25, 0.3) is 0 Å². The van der Waals surface area contributed by atoms with Crippen LogP contribution in [0, 0.1) is 0 Å². The molecule has 2 atom stereocenters. The van der Waals surface area contributed by atoms with Crippen molar-refractivity contribution in [3.05, 3.63) is 30.3 Å². The van der Waals surface area contributed by atoms with Crippen molar-refractivity contribution in [3.8, 4) is 0 Å². The Bertz CT molecular complexity index is 704. The molecule has 2 N–H and O–H groups in total. The first kappa shape index (κ1) is 23.6. The van der Waals surface area contributed by atoms with Crippen molar-refractivity contribution in [1.29, 1.82) is 0 Å². The van der Waals surface area contributed by atoms with Crippen LogP contribution in [-0.4, -0.2) is 65.2 Å². The number of hydrogen-bond acceptors (Lipinski definition) is 5. The van der Waals surface area contributed by atoms with E-state index in [1.165, 1.54) is 0 Å². The number of aliphatic imine (C=N–C) groups is 1. The maximum atomic E-state index is 12.7. The molecule has 1 aliphatic rings. The fraction of sp³-hybridized carbons (Fsp3) is 0.667. The summed E-state index contributed by atoms with van der Waals surface area (Å²) in [5.41, 5.74) is 0. The third-order valence-corrected chi connectivity index (χ3v) is 6.58. The molecule has 1 saturated heterocycles. The van der Waals surface area contributed by atoms with E-state index >= 15 is 0 Å². The van der Waals surface area contributed by atoms with Crippen LogP contribution in [-0.2, 0) is 19.3 Å². The molecule has 1 aromatic carbocycles. The number of nitrogens with zero attached hydrogens (tertiary/aromatic N) is 1. The van der Waals surface area contributed by atoms with Crippen molar-refractivity contribution < 1.29 is 17.9 Å². The van der Waals surface area contributed by atoms with Gasteiger partial charge >= 0.3 is 0 Å². The van der Waals surface area contributed by atoms with Crippen LogP contribution in [0.5, 0.6) is 0 Å². The minimum atomic E-state index is -3.35. The Morgan fingerprint density at radius 2 is 2.10 bits per heavy atom. The first-order chi connectivity index (χ1) is 14.0. The average Bonchev–Trinajstić information content (AvgIpc) is 3.24. The van der Waals surface area contributed by atoms with Crippen molar-refractivity contribution >= 4 is 15.8 Å². The summed E-state index contributed by atoms with van der Waals surface area (Å²) in [7, 11) is -3.35. The second kappa shape index (κ2) is 12.8. The Labute approximate surface area is 175 Å². The molecule has 1 aromatic rings. The molecular formula is C21H35N3O4S. The average molecular weight is 426 g/mol. The highest BCUT2D eigenvalue weighted by atomic mass is 32.2. The molecule has 1 aliphatic heterocycles. The van der Waals surface area contributed by atoms with Crippen LogP contribution < -0.4 is 10.6 Å². The van der Waals surface area contributed by atoms with E-state index in [4.69, 9.17) is 9.47 Å². The van der Waals surface area contributed by atoms with Gasteiger partial charge in [-0.25, -0.2) is 8.42 Å². The SMILES string of the molecule is CCNC(=NCCCOCC1CCCO1)NC(CC)CS(=O)(=O)c1ccccc1. The predicted molar refractivity (Wildman–Crippen MR) is 116 cm³/mol. The first-order valence-corrected chi connectivity index (χ1v) is 12.2. The zero-order valence-corrected chi connectivity index (χ0v) is 18.4. The maximum absolute atomic E-state index is 12.7. The summed E-state index contributed by atoms with van der Waals surface area (Å²) in [5, 5.41) is 6.46. The topological polar surface area (TPSA) is 89.0 Å². The third kappa shape index (κ3) is 8.72. The zero-order valence-electron chi connectivity index (χ0n) is 17.6. The molecule has 0 amide bonds. The molecule has 0 saturated carbocycles. The summed E-state index contributed by atoms with van der Waals surface area (Å²) < 4.78 is 36.5. The van der Waals surface area contributed by atoms with Gasteiger partial charge < -0.3 is 20.1 Å². The van der Waals surface area contributed by atoms with E-state index in [1.54, 1.807) is 24.3 Å². The van der Waals surface area contributed by atoms with Crippen LogP contribution in [0.2, 0.25) is 0 Å². The van der Waals surface area contributed by atoms with Gasteiger partial charge in [0.15, 0.2) is 15.8 Å². The van der Waals surface area contributed by atoms with Crippen molar-refractivity contribution in [2.45, 2.75) is 56.6 Å². The van der Waals surface area contributed by atoms with Crippen molar-refractivity contribution in [2.24, 2.45) is 4.99 Å². The fourth-order valence-electron chi connectivity index (χ4n) is 3.11. The number of nitrogens with one attached hydrogen (secondary N) is 2. The van der Waals surface area contributed by atoms with E-state index in [1.807, 2.05) is 19.9 Å². The standard InChI is InChI=1S/C21H35N3O4S/c1-3-18(17-29(25,26)20-11-6-5-7-12-20)24-21(22-4-2)23-13-9-14-27-16-19-10-8-15-28-19/h5-7,11-12,18-19H,3-4,8-10,13-17H2,1-2H3,(H2,22,23,24). The lowest BCUT2D eigenvalue weighted by atomic mass is 10.2. The highest BCUT2D eigenvalue weighted by Crippen LogP contribution is 2.13. The largest absolute Gasteiger partial charge is 0.379 e. The number of hydrogen-bond donors (Lipinski definition) is 2. The minimum Gasteiger partial charge on any atom is -0.379 e. The monoisotopic (exact) mass is 425 g/mol. The summed E-state index contributed by atoms with van der Waals surface area (Å²) >= 11 is 0. The van der Waals surface area contributed by atoms with Crippen molar-refractivity contribution in [3.63, 3.8) is 0 Å². The Kier molecular flexibility index (Phi) is 10.5. The quantitative estimate of drug-likeness (QED) is 0.304. The molecule has 0 spiro atoms. The molecular weight excluding hydrogens is 390 g/mol. The molecule has 0 radical (unpaired) electrons. The van der Waals surface area contributed by atoms with Crippen molar-refractivity contribution in [1.82, 2.24) is 10.6 Å². The van der Waals surface area contributed by atoms with E-state index in [-0.39, 0.29) is 17.9 Å². The molecule has 7 nitrogen and oxygen atoms in total. The lowest BCUT2D eigenvalue weighted by Crippen LogP contribution is -2.46. The Hall–Kier alpha value is -1.64. The molecule has 8 heteroatoms. The van der Waals surface area contributed by atoms with E-state index in [0.717, 1.165) is 25.9 Å². The first-order valence-electron chi connectivity index (χ1n) is 10.6. The highest BCUT2D eigenvalue weighted by molar-refractivity contribution is 7.91. The zero-order chi connectivity index (χ0) is 21.0. The van der Waals surface area contributed by atoms with Gasteiger partial charge in [0.2, 0.25) is 0 Å². The second-order valence-electron chi connectivity index (χ2n) is 7.17. The number of rotatable bonds is 12. The fourth-order valence-corrected chi connectivity index (χ4v) is 4.72. The third-order valence-electron chi connectivity index (χ3n) is 4.75. The molecule has 0 bridgehead atoms. The summed E-state index contributed by atoms with van der Waals surface area (Å²) in [4.78, 5) is 4.91. The predicted octanol–water partition coefficient (Wildman–Crippen LogP) is 2.38. The van der Waals surface area contributed by atoms with Crippen LogP contribution >= 0.6 is 0 Å². The number of benzene rings is 1. The number of sulfone groups is 1. The molecule has 29 heavy (non-hydrogen) atoms. The molecule has 0 aromatic heterocycles. The van der Waals surface area contributed by atoms with Crippen LogP contribution in [0.15, 0.2) is 40.2 Å². The number of guanidine groups is 1. The van der Waals surface area contributed by atoms with E-state index in [2.05, 4.69) is 15.6 Å². The van der Waals surface area contributed by atoms with E-state index < -0.39 is 9.84 Å². The Morgan fingerprint density at radius 1 is 1.31 bits per heavy atom. The normalized spacial score (nSPS) is 18.6. The molecule has 1 heterocycles. The lowest BCUT2D eigenvalue weighted by Gasteiger charge is -2.20.